The second-order valence-corrected chi connectivity index (χ2v) is 11.1. The molecule has 1 saturated heterocycles. The summed E-state index contributed by atoms with van der Waals surface area (Å²) < 4.78 is 27.6. The molecular weight excluding hydrogens is 430 g/mol. The fourth-order valence-corrected chi connectivity index (χ4v) is 6.86. The van der Waals surface area contributed by atoms with Crippen LogP contribution in [0.5, 0.6) is 0 Å². The molecule has 0 spiro atoms. The molecule has 0 bridgehead atoms. The molecule has 2 aromatic rings. The number of hydrogen-bond acceptors (Lipinski definition) is 5. The first-order valence-corrected chi connectivity index (χ1v) is 13.3. The van der Waals surface area contributed by atoms with Crippen molar-refractivity contribution < 1.29 is 13.2 Å². The Morgan fingerprint density at radius 2 is 1.74 bits per heavy atom. The Kier molecular flexibility index (Phi) is 6.89. The van der Waals surface area contributed by atoms with Gasteiger partial charge in [-0.15, -0.1) is 17.9 Å². The predicted molar refractivity (Wildman–Crippen MR) is 124 cm³/mol. The zero-order valence-electron chi connectivity index (χ0n) is 17.8. The van der Waals surface area contributed by atoms with Gasteiger partial charge >= 0.3 is 0 Å². The van der Waals surface area contributed by atoms with Crippen molar-refractivity contribution in [1.82, 2.24) is 9.29 Å². The number of amides is 1. The van der Waals surface area contributed by atoms with Crippen molar-refractivity contribution in [2.75, 3.05) is 24.5 Å². The van der Waals surface area contributed by atoms with E-state index in [4.69, 9.17) is 4.98 Å². The normalized spacial score (nSPS) is 17.5. The minimum Gasteiger partial charge on any atom is -0.280 e. The number of nitrogens with zero attached hydrogens (tertiary/aromatic N) is 3. The van der Waals surface area contributed by atoms with Crippen LogP contribution in [0.15, 0.2) is 41.8 Å². The number of fused-ring (bicyclic) bond motifs is 1. The molecule has 8 heteroatoms. The first-order chi connectivity index (χ1) is 15.0. The van der Waals surface area contributed by atoms with E-state index in [9.17, 15) is 13.2 Å². The van der Waals surface area contributed by atoms with Gasteiger partial charge in [0.25, 0.3) is 5.91 Å². The van der Waals surface area contributed by atoms with E-state index >= 15 is 0 Å². The molecule has 0 saturated carbocycles. The molecule has 0 radical (unpaired) electrons. The van der Waals surface area contributed by atoms with E-state index in [0.717, 1.165) is 57.1 Å². The molecule has 2 aliphatic rings. The molecule has 0 unspecified atom stereocenters. The molecule has 1 aromatic carbocycles. The molecule has 0 N–H and O–H groups in total. The molecule has 1 aliphatic heterocycles. The molecule has 1 aliphatic carbocycles. The van der Waals surface area contributed by atoms with Gasteiger partial charge in [0.2, 0.25) is 10.0 Å². The second kappa shape index (κ2) is 9.63. The lowest BCUT2D eigenvalue weighted by molar-refractivity contribution is 0.0989. The predicted octanol–water partition coefficient (Wildman–Crippen LogP) is 4.42. The Bertz CT molecular complexity index is 1010. The van der Waals surface area contributed by atoms with Crippen LogP contribution in [-0.4, -0.2) is 43.2 Å². The lowest BCUT2D eigenvalue weighted by Crippen LogP contribution is -2.32. The first-order valence-electron chi connectivity index (χ1n) is 11.0. The van der Waals surface area contributed by atoms with E-state index < -0.39 is 10.0 Å². The van der Waals surface area contributed by atoms with Gasteiger partial charge in [-0.1, -0.05) is 18.9 Å². The van der Waals surface area contributed by atoms with Gasteiger partial charge in [-0.05, 0) is 62.8 Å². The molecule has 31 heavy (non-hydrogen) atoms. The average molecular weight is 460 g/mol. The second-order valence-electron chi connectivity index (χ2n) is 8.12. The summed E-state index contributed by atoms with van der Waals surface area (Å²) in [6.45, 7) is 5.27. The number of carbonyl (C=O) groups excluding carboxylic acids is 1. The first kappa shape index (κ1) is 22.2. The number of sulfonamides is 1. The fraction of sp³-hybridized carbons (Fsp3) is 0.478. The molecule has 2 heterocycles. The minimum absolute atomic E-state index is 0.190. The third kappa shape index (κ3) is 4.76. The Morgan fingerprint density at radius 1 is 1.06 bits per heavy atom. The summed E-state index contributed by atoms with van der Waals surface area (Å²) in [6, 6.07) is 6.31. The highest BCUT2D eigenvalue weighted by Crippen LogP contribution is 2.32. The smallest absolute Gasteiger partial charge is 0.260 e. The number of aromatic nitrogens is 1. The molecule has 1 aromatic heterocycles. The molecular formula is C23H29N3O3S2. The van der Waals surface area contributed by atoms with Crippen molar-refractivity contribution in [2.45, 2.75) is 56.3 Å². The minimum atomic E-state index is -3.53. The molecule has 0 atom stereocenters. The van der Waals surface area contributed by atoms with E-state index in [1.165, 1.54) is 4.88 Å². The van der Waals surface area contributed by atoms with Gasteiger partial charge < -0.3 is 0 Å². The Labute approximate surface area is 188 Å². The number of anilines is 1. The van der Waals surface area contributed by atoms with Crippen LogP contribution in [0.2, 0.25) is 0 Å². The van der Waals surface area contributed by atoms with Crippen LogP contribution in [0.25, 0.3) is 0 Å². The number of carbonyl (C=O) groups is 1. The molecule has 1 amide bonds. The van der Waals surface area contributed by atoms with Gasteiger partial charge in [0.15, 0.2) is 5.13 Å². The van der Waals surface area contributed by atoms with Crippen LogP contribution < -0.4 is 4.90 Å². The number of benzene rings is 1. The van der Waals surface area contributed by atoms with Gasteiger partial charge in [0, 0.05) is 30.1 Å². The summed E-state index contributed by atoms with van der Waals surface area (Å²) in [7, 11) is -3.53. The van der Waals surface area contributed by atoms with E-state index in [0.29, 0.717) is 30.3 Å². The van der Waals surface area contributed by atoms with Crippen molar-refractivity contribution in [3.05, 3.63) is 53.1 Å². The van der Waals surface area contributed by atoms with E-state index in [2.05, 4.69) is 6.58 Å². The fourth-order valence-electron chi connectivity index (χ4n) is 4.19. The van der Waals surface area contributed by atoms with Crippen molar-refractivity contribution in [2.24, 2.45) is 0 Å². The summed E-state index contributed by atoms with van der Waals surface area (Å²) in [6.07, 6.45) is 9.90. The monoisotopic (exact) mass is 459 g/mol. The maximum absolute atomic E-state index is 13.2. The highest BCUT2D eigenvalue weighted by Gasteiger charge is 2.27. The van der Waals surface area contributed by atoms with Crippen molar-refractivity contribution >= 4 is 32.4 Å². The van der Waals surface area contributed by atoms with E-state index in [-0.39, 0.29) is 10.8 Å². The molecule has 166 valence electrons. The van der Waals surface area contributed by atoms with Gasteiger partial charge in [0.05, 0.1) is 10.6 Å². The van der Waals surface area contributed by atoms with Gasteiger partial charge in [-0.2, -0.15) is 4.31 Å². The Morgan fingerprint density at radius 3 is 2.39 bits per heavy atom. The summed E-state index contributed by atoms with van der Waals surface area (Å²) in [4.78, 5) is 21.1. The number of thiazole rings is 1. The Balaban J connectivity index is 1.56. The largest absolute Gasteiger partial charge is 0.280 e. The highest BCUT2D eigenvalue weighted by atomic mass is 32.2. The van der Waals surface area contributed by atoms with Gasteiger partial charge in [-0.25, -0.2) is 13.4 Å². The molecule has 1 fully saturated rings. The quantitative estimate of drug-likeness (QED) is 0.600. The lowest BCUT2D eigenvalue weighted by Gasteiger charge is -2.21. The van der Waals surface area contributed by atoms with Crippen molar-refractivity contribution in [3.8, 4) is 0 Å². The topological polar surface area (TPSA) is 70.6 Å². The highest BCUT2D eigenvalue weighted by molar-refractivity contribution is 7.89. The van der Waals surface area contributed by atoms with Crippen LogP contribution in [0.4, 0.5) is 5.13 Å². The van der Waals surface area contributed by atoms with Gasteiger partial charge in [0.1, 0.15) is 0 Å². The van der Waals surface area contributed by atoms with Crippen molar-refractivity contribution in [3.63, 3.8) is 0 Å². The third-order valence-corrected chi connectivity index (χ3v) is 9.02. The summed E-state index contributed by atoms with van der Waals surface area (Å²) in [5.41, 5.74) is 1.55. The van der Waals surface area contributed by atoms with Crippen LogP contribution in [0, 0.1) is 0 Å². The van der Waals surface area contributed by atoms with Crippen molar-refractivity contribution in [1.29, 1.82) is 0 Å². The summed E-state index contributed by atoms with van der Waals surface area (Å²) in [5, 5.41) is 0.693. The number of rotatable bonds is 6. The van der Waals surface area contributed by atoms with E-state index in [1.807, 2.05) is 0 Å². The Hall–Kier alpha value is -2.03. The van der Waals surface area contributed by atoms with Crippen LogP contribution in [0.3, 0.4) is 0 Å². The lowest BCUT2D eigenvalue weighted by atomic mass is 10.0. The van der Waals surface area contributed by atoms with E-state index in [1.54, 1.807) is 50.9 Å². The summed E-state index contributed by atoms with van der Waals surface area (Å²) in [5.74, 6) is -0.190. The third-order valence-electron chi connectivity index (χ3n) is 5.93. The van der Waals surface area contributed by atoms with Crippen LogP contribution in [-0.2, 0) is 22.9 Å². The zero-order chi connectivity index (χ0) is 21.8. The van der Waals surface area contributed by atoms with Crippen LogP contribution in [0.1, 0.15) is 59.5 Å². The molecule has 4 rings (SSSR count). The van der Waals surface area contributed by atoms with Crippen LogP contribution >= 0.6 is 11.3 Å². The maximum Gasteiger partial charge on any atom is 0.260 e. The number of hydrogen-bond donors (Lipinski definition) is 0. The zero-order valence-corrected chi connectivity index (χ0v) is 19.4. The van der Waals surface area contributed by atoms with Gasteiger partial charge in [-0.3, -0.25) is 9.69 Å². The molecule has 6 nitrogen and oxygen atoms in total. The number of aryl methyl sites for hydroxylation is 2. The average Bonchev–Trinajstić information content (AvgIpc) is 3.01. The standard InChI is InChI=1S/C23H29N3O3S2/c1-2-15-26(23-24-20-9-5-6-10-21(20)30-23)22(27)18-11-13-19(14-12-18)31(28,29)25-16-7-3-4-8-17-25/h2,11-14H,1,3-10,15-17H2. The maximum atomic E-state index is 13.2. The SMILES string of the molecule is C=CCN(C(=O)c1ccc(S(=O)(=O)N2CCCCCC2)cc1)c1nc2c(s1)CCCC2. The summed E-state index contributed by atoms with van der Waals surface area (Å²) >= 11 is 1.58.